The van der Waals surface area contributed by atoms with E-state index in [0.717, 1.165) is 81.5 Å². The largest absolute Gasteiger partial charge is 0.253 e. The summed E-state index contributed by atoms with van der Waals surface area (Å²) in [4.78, 5) is 10.3. The van der Waals surface area contributed by atoms with Crippen LogP contribution in [0.5, 0.6) is 0 Å². The minimum atomic E-state index is 0.504. The first-order chi connectivity index (χ1) is 21.4. The standard InChI is InChI=1S/C38H28Cl4N2/c39-23-11-15-35-29(19-23)37(25-5-1-3-7-31(25)41)27-17-21(9-13-33(27)43-35)22-10-14-34-28(18-22)38(26-6-2-4-8-32(26)42)30-20-24(40)12-16-36(30)44-34/h1-8,11-12,15-16,19-22H,9-10,13-14,17-18H2. The third kappa shape index (κ3) is 4.88. The number of pyridine rings is 2. The van der Waals surface area contributed by atoms with Gasteiger partial charge in [0.15, 0.2) is 0 Å². The molecule has 0 saturated carbocycles. The highest BCUT2D eigenvalue weighted by atomic mass is 35.5. The van der Waals surface area contributed by atoms with Crippen LogP contribution >= 0.6 is 46.4 Å². The average Bonchev–Trinajstić information content (AvgIpc) is 3.03. The minimum Gasteiger partial charge on any atom is -0.253 e. The van der Waals surface area contributed by atoms with Gasteiger partial charge >= 0.3 is 0 Å². The summed E-state index contributed by atoms with van der Waals surface area (Å²) in [5.74, 6) is 1.01. The van der Waals surface area contributed by atoms with Gasteiger partial charge in [0.25, 0.3) is 0 Å². The number of aromatic nitrogens is 2. The van der Waals surface area contributed by atoms with Crippen molar-refractivity contribution in [2.45, 2.75) is 38.5 Å². The van der Waals surface area contributed by atoms with Crippen LogP contribution in [-0.4, -0.2) is 9.97 Å². The van der Waals surface area contributed by atoms with Crippen LogP contribution in [0.4, 0.5) is 0 Å². The van der Waals surface area contributed by atoms with Crippen LogP contribution < -0.4 is 0 Å². The zero-order chi connectivity index (χ0) is 29.9. The molecule has 0 amide bonds. The lowest BCUT2D eigenvalue weighted by Gasteiger charge is -2.36. The molecule has 6 aromatic rings. The van der Waals surface area contributed by atoms with Gasteiger partial charge in [-0.2, -0.15) is 0 Å². The Bertz CT molecular complexity index is 1950. The van der Waals surface area contributed by atoms with Crippen LogP contribution in [0.25, 0.3) is 44.1 Å². The zero-order valence-corrected chi connectivity index (χ0v) is 26.9. The number of hydrogen-bond acceptors (Lipinski definition) is 2. The second-order valence-electron chi connectivity index (χ2n) is 12.1. The van der Waals surface area contributed by atoms with E-state index in [4.69, 9.17) is 56.4 Å². The number of fused-ring (bicyclic) bond motifs is 4. The molecule has 44 heavy (non-hydrogen) atoms. The van der Waals surface area contributed by atoms with Gasteiger partial charge in [0.2, 0.25) is 0 Å². The molecule has 0 spiro atoms. The Hall–Kier alpha value is -3.14. The molecule has 2 unspecified atom stereocenters. The van der Waals surface area contributed by atoms with Gasteiger partial charge in [0.1, 0.15) is 0 Å². The summed E-state index contributed by atoms with van der Waals surface area (Å²) < 4.78 is 0. The molecule has 2 heterocycles. The van der Waals surface area contributed by atoms with Crippen LogP contribution in [0.1, 0.15) is 35.4 Å². The van der Waals surface area contributed by atoms with Crippen molar-refractivity contribution in [2.24, 2.45) is 11.8 Å². The van der Waals surface area contributed by atoms with Gasteiger partial charge in [-0.05, 0) is 121 Å². The predicted octanol–water partition coefficient (Wildman–Crippen LogP) is 11.6. The molecule has 2 aliphatic carbocycles. The van der Waals surface area contributed by atoms with E-state index in [1.54, 1.807) is 0 Å². The van der Waals surface area contributed by atoms with Gasteiger partial charge < -0.3 is 0 Å². The molecule has 2 aromatic heterocycles. The summed E-state index contributed by atoms with van der Waals surface area (Å²) in [6, 6.07) is 28.3. The SMILES string of the molecule is Clc1ccc2nc3c(c(-c4ccccc4Cl)c2c1)CC(C1CCc2nc4ccc(Cl)cc4c(-c4ccccc4Cl)c2C1)CC3. The van der Waals surface area contributed by atoms with Gasteiger partial charge in [-0.25, -0.2) is 0 Å². The van der Waals surface area contributed by atoms with Gasteiger partial charge in [0.05, 0.1) is 11.0 Å². The molecule has 0 radical (unpaired) electrons. The van der Waals surface area contributed by atoms with E-state index < -0.39 is 0 Å². The molecule has 4 aromatic carbocycles. The fraction of sp³-hybridized carbons (Fsp3) is 0.211. The maximum absolute atomic E-state index is 6.85. The van der Waals surface area contributed by atoms with E-state index in [1.165, 1.54) is 33.6 Å². The van der Waals surface area contributed by atoms with Crippen molar-refractivity contribution >= 4 is 68.2 Å². The van der Waals surface area contributed by atoms with Crippen molar-refractivity contribution < 1.29 is 0 Å². The van der Waals surface area contributed by atoms with Gasteiger partial charge in [-0.3, -0.25) is 9.97 Å². The summed E-state index contributed by atoms with van der Waals surface area (Å²) in [5.41, 5.74) is 11.4. The van der Waals surface area contributed by atoms with Crippen molar-refractivity contribution in [1.29, 1.82) is 0 Å². The third-order valence-electron chi connectivity index (χ3n) is 9.66. The van der Waals surface area contributed by atoms with Gasteiger partial charge in [-0.1, -0.05) is 82.8 Å². The summed E-state index contributed by atoms with van der Waals surface area (Å²) in [7, 11) is 0. The molecular weight excluding hydrogens is 626 g/mol. The monoisotopic (exact) mass is 652 g/mol. The molecule has 0 bridgehead atoms. The fourth-order valence-electron chi connectivity index (χ4n) is 7.63. The molecule has 0 N–H and O–H groups in total. The van der Waals surface area contributed by atoms with E-state index in [-0.39, 0.29) is 0 Å². The number of hydrogen-bond donors (Lipinski definition) is 0. The molecule has 218 valence electrons. The Kier molecular flexibility index (Phi) is 7.30. The average molecular weight is 654 g/mol. The van der Waals surface area contributed by atoms with Crippen LogP contribution in [0.3, 0.4) is 0 Å². The highest BCUT2D eigenvalue weighted by Gasteiger charge is 2.34. The predicted molar refractivity (Wildman–Crippen MR) is 185 cm³/mol. The number of rotatable bonds is 3. The first kappa shape index (κ1) is 28.3. The van der Waals surface area contributed by atoms with Crippen LogP contribution in [-0.2, 0) is 25.7 Å². The van der Waals surface area contributed by atoms with Crippen LogP contribution in [0.2, 0.25) is 20.1 Å². The molecule has 2 aliphatic rings. The van der Waals surface area contributed by atoms with Gasteiger partial charge in [-0.15, -0.1) is 0 Å². The highest BCUT2D eigenvalue weighted by Crippen LogP contribution is 2.47. The van der Waals surface area contributed by atoms with Crippen molar-refractivity contribution in [3.05, 3.63) is 128 Å². The molecule has 8 rings (SSSR count). The van der Waals surface area contributed by atoms with Crippen LogP contribution in [0.15, 0.2) is 84.9 Å². The van der Waals surface area contributed by atoms with E-state index in [1.807, 2.05) is 60.7 Å². The second kappa shape index (κ2) is 11.3. The Morgan fingerprint density at radius 3 is 1.39 bits per heavy atom. The van der Waals surface area contributed by atoms with Crippen molar-refractivity contribution in [3.63, 3.8) is 0 Å². The smallest absolute Gasteiger partial charge is 0.0712 e. The van der Waals surface area contributed by atoms with Crippen LogP contribution in [0, 0.1) is 11.8 Å². The normalized spacial score (nSPS) is 17.9. The number of aryl methyl sites for hydroxylation is 2. The Labute approximate surface area is 277 Å². The van der Waals surface area contributed by atoms with Gasteiger partial charge in [0, 0.05) is 53.4 Å². The van der Waals surface area contributed by atoms with E-state index >= 15 is 0 Å². The van der Waals surface area contributed by atoms with Crippen molar-refractivity contribution in [1.82, 2.24) is 9.97 Å². The van der Waals surface area contributed by atoms with E-state index in [9.17, 15) is 0 Å². The number of nitrogens with zero attached hydrogens (tertiary/aromatic N) is 2. The third-order valence-corrected chi connectivity index (χ3v) is 10.8. The summed E-state index contributed by atoms with van der Waals surface area (Å²) in [6.07, 6.45) is 6.02. The lowest BCUT2D eigenvalue weighted by atomic mass is 9.69. The summed E-state index contributed by atoms with van der Waals surface area (Å²) >= 11 is 26.8. The first-order valence-corrected chi connectivity index (χ1v) is 16.7. The summed E-state index contributed by atoms with van der Waals surface area (Å²) in [6.45, 7) is 0. The first-order valence-electron chi connectivity index (χ1n) is 15.2. The molecule has 0 fully saturated rings. The minimum absolute atomic E-state index is 0.504. The molecule has 2 nitrogen and oxygen atoms in total. The van der Waals surface area contributed by atoms with Crippen molar-refractivity contribution in [2.75, 3.05) is 0 Å². The van der Waals surface area contributed by atoms with E-state index in [2.05, 4.69) is 24.3 Å². The molecular formula is C38H28Cl4N2. The quantitative estimate of drug-likeness (QED) is 0.190. The fourth-order valence-corrected chi connectivity index (χ4v) is 8.43. The highest BCUT2D eigenvalue weighted by molar-refractivity contribution is 6.35. The lowest BCUT2D eigenvalue weighted by molar-refractivity contribution is 0.268. The Morgan fingerprint density at radius 1 is 0.523 bits per heavy atom. The zero-order valence-electron chi connectivity index (χ0n) is 23.9. The second-order valence-corrected chi connectivity index (χ2v) is 13.8. The molecule has 6 heteroatoms. The Morgan fingerprint density at radius 2 is 0.955 bits per heavy atom. The molecule has 0 aliphatic heterocycles. The Balaban J connectivity index is 1.24. The number of halogens is 4. The maximum atomic E-state index is 6.85. The summed E-state index contributed by atoms with van der Waals surface area (Å²) in [5, 5.41) is 5.03. The lowest BCUT2D eigenvalue weighted by Crippen LogP contribution is -2.29. The van der Waals surface area contributed by atoms with Crippen molar-refractivity contribution in [3.8, 4) is 22.3 Å². The topological polar surface area (TPSA) is 25.8 Å². The van der Waals surface area contributed by atoms with E-state index in [0.29, 0.717) is 21.9 Å². The molecule has 0 saturated heterocycles. The maximum Gasteiger partial charge on any atom is 0.0712 e. The molecule has 2 atom stereocenters. The number of benzene rings is 4.